The van der Waals surface area contributed by atoms with Crippen molar-refractivity contribution in [3.05, 3.63) is 58.3 Å². The number of nitrogens with one attached hydrogen (secondary N) is 1. The maximum absolute atomic E-state index is 5.89. The lowest BCUT2D eigenvalue weighted by atomic mass is 10.2. The molecule has 3 nitrogen and oxygen atoms in total. The van der Waals surface area contributed by atoms with Crippen molar-refractivity contribution in [3.63, 3.8) is 0 Å². The van der Waals surface area contributed by atoms with Crippen LogP contribution in [0.15, 0.2) is 47.1 Å². The fourth-order valence-corrected chi connectivity index (χ4v) is 2.18. The third-order valence-electron chi connectivity index (χ3n) is 2.82. The van der Waals surface area contributed by atoms with Crippen LogP contribution in [-0.4, -0.2) is 11.0 Å². The van der Waals surface area contributed by atoms with Gasteiger partial charge in [-0.1, -0.05) is 35.8 Å². The molecule has 2 aromatic rings. The maximum Gasteiger partial charge on any atom is 0.130 e. The normalized spacial score (nSPS) is 10.8. The highest BCUT2D eigenvalue weighted by molar-refractivity contribution is 9.10. The highest BCUT2D eigenvalue weighted by Crippen LogP contribution is 2.24. The zero-order valence-corrected chi connectivity index (χ0v) is 13.4. The first-order valence-electron chi connectivity index (χ1n) is 6.69. The number of pyridine rings is 1. The Morgan fingerprint density at radius 1 is 1.25 bits per heavy atom. The predicted octanol–water partition coefficient (Wildman–Crippen LogP) is 3.92. The van der Waals surface area contributed by atoms with E-state index in [4.69, 9.17) is 4.74 Å². The molecule has 1 N–H and O–H groups in total. The summed E-state index contributed by atoms with van der Waals surface area (Å²) in [4.78, 5) is 4.27. The van der Waals surface area contributed by atoms with E-state index in [1.54, 1.807) is 6.20 Å². The molecule has 1 aromatic carbocycles. The number of benzene rings is 1. The van der Waals surface area contributed by atoms with E-state index in [2.05, 4.69) is 46.1 Å². The van der Waals surface area contributed by atoms with E-state index in [1.807, 2.05) is 30.3 Å². The van der Waals surface area contributed by atoms with E-state index in [9.17, 15) is 0 Å². The van der Waals surface area contributed by atoms with Crippen LogP contribution in [0.1, 0.15) is 25.1 Å². The number of hydrogen-bond donors (Lipinski definition) is 1. The van der Waals surface area contributed by atoms with Crippen LogP contribution in [0.4, 0.5) is 0 Å². The summed E-state index contributed by atoms with van der Waals surface area (Å²) in [5, 5.41) is 3.41. The van der Waals surface area contributed by atoms with E-state index < -0.39 is 0 Å². The van der Waals surface area contributed by atoms with Gasteiger partial charge in [0, 0.05) is 28.8 Å². The summed E-state index contributed by atoms with van der Waals surface area (Å²) in [6.45, 7) is 5.53. The van der Waals surface area contributed by atoms with Gasteiger partial charge >= 0.3 is 0 Å². The molecule has 0 radical (unpaired) electrons. The van der Waals surface area contributed by atoms with Gasteiger partial charge < -0.3 is 10.1 Å². The standard InChI is InChI=1S/C16H19BrN2O/c1-12(2)19-10-13-9-14(17)6-7-16(13)20-11-15-5-3-4-8-18-15/h3-9,12,19H,10-11H2,1-2H3. The van der Waals surface area contributed by atoms with Crippen molar-refractivity contribution < 1.29 is 4.74 Å². The Hall–Kier alpha value is -1.39. The summed E-state index contributed by atoms with van der Waals surface area (Å²) in [5.74, 6) is 0.895. The van der Waals surface area contributed by atoms with Crippen LogP contribution in [0.25, 0.3) is 0 Å². The van der Waals surface area contributed by atoms with E-state index in [-0.39, 0.29) is 0 Å². The first-order valence-corrected chi connectivity index (χ1v) is 7.49. The largest absolute Gasteiger partial charge is 0.487 e. The van der Waals surface area contributed by atoms with Crippen molar-refractivity contribution in [1.82, 2.24) is 10.3 Å². The van der Waals surface area contributed by atoms with Crippen LogP contribution < -0.4 is 10.1 Å². The van der Waals surface area contributed by atoms with Crippen LogP contribution >= 0.6 is 15.9 Å². The Morgan fingerprint density at radius 2 is 2.10 bits per heavy atom. The molecule has 0 aliphatic heterocycles. The molecule has 4 heteroatoms. The molecule has 0 fully saturated rings. The van der Waals surface area contributed by atoms with Crippen molar-refractivity contribution in [2.45, 2.75) is 33.0 Å². The van der Waals surface area contributed by atoms with Crippen LogP contribution in [0.3, 0.4) is 0 Å². The van der Waals surface area contributed by atoms with Crippen LogP contribution in [0.2, 0.25) is 0 Å². The lowest BCUT2D eigenvalue weighted by Gasteiger charge is -2.14. The third-order valence-corrected chi connectivity index (χ3v) is 3.32. The molecule has 0 saturated heterocycles. The molecule has 0 aliphatic rings. The molecule has 1 aromatic heterocycles. The van der Waals surface area contributed by atoms with Gasteiger partial charge in [-0.25, -0.2) is 0 Å². The van der Waals surface area contributed by atoms with Crippen LogP contribution in [0, 0.1) is 0 Å². The summed E-state index contributed by atoms with van der Waals surface area (Å²) in [6.07, 6.45) is 1.78. The molecule has 0 unspecified atom stereocenters. The molecule has 0 spiro atoms. The second-order valence-electron chi connectivity index (χ2n) is 4.90. The van der Waals surface area contributed by atoms with Gasteiger partial charge in [-0.05, 0) is 30.3 Å². The molecule has 2 rings (SSSR count). The first kappa shape index (κ1) is 15.0. The van der Waals surface area contributed by atoms with Crippen molar-refractivity contribution in [1.29, 1.82) is 0 Å². The molecule has 0 atom stereocenters. The van der Waals surface area contributed by atoms with Crippen molar-refractivity contribution in [2.75, 3.05) is 0 Å². The predicted molar refractivity (Wildman–Crippen MR) is 84.7 cm³/mol. The minimum atomic E-state index is 0.442. The summed E-state index contributed by atoms with van der Waals surface area (Å²) >= 11 is 3.50. The number of rotatable bonds is 6. The van der Waals surface area contributed by atoms with Gasteiger partial charge in [0.1, 0.15) is 12.4 Å². The molecule has 0 amide bonds. The van der Waals surface area contributed by atoms with Gasteiger partial charge in [-0.2, -0.15) is 0 Å². The van der Waals surface area contributed by atoms with Crippen LogP contribution in [-0.2, 0) is 13.2 Å². The Bertz CT molecular complexity index is 543. The SMILES string of the molecule is CC(C)NCc1cc(Br)ccc1OCc1ccccn1. The molecule has 0 bridgehead atoms. The van der Waals surface area contributed by atoms with Crippen LogP contribution in [0.5, 0.6) is 5.75 Å². The summed E-state index contributed by atoms with van der Waals surface area (Å²) in [5.41, 5.74) is 2.07. The van der Waals surface area contributed by atoms with E-state index in [0.717, 1.165) is 28.0 Å². The lowest BCUT2D eigenvalue weighted by molar-refractivity contribution is 0.297. The van der Waals surface area contributed by atoms with E-state index in [1.165, 1.54) is 0 Å². The maximum atomic E-state index is 5.89. The second-order valence-corrected chi connectivity index (χ2v) is 5.81. The third kappa shape index (κ3) is 4.62. The highest BCUT2D eigenvalue weighted by Gasteiger charge is 2.06. The zero-order chi connectivity index (χ0) is 14.4. The van der Waals surface area contributed by atoms with Gasteiger partial charge in [0.25, 0.3) is 0 Å². The Balaban J connectivity index is 2.06. The summed E-state index contributed by atoms with van der Waals surface area (Å²) in [7, 11) is 0. The van der Waals surface area contributed by atoms with Gasteiger partial charge in [-0.15, -0.1) is 0 Å². The molecule has 106 valence electrons. The zero-order valence-electron chi connectivity index (χ0n) is 11.8. The van der Waals surface area contributed by atoms with Gasteiger partial charge in [0.15, 0.2) is 0 Å². The monoisotopic (exact) mass is 334 g/mol. The van der Waals surface area contributed by atoms with Gasteiger partial charge in [0.2, 0.25) is 0 Å². The minimum Gasteiger partial charge on any atom is -0.487 e. The number of halogens is 1. The lowest BCUT2D eigenvalue weighted by Crippen LogP contribution is -2.22. The van der Waals surface area contributed by atoms with Gasteiger partial charge in [-0.3, -0.25) is 4.98 Å². The molecular formula is C16H19BrN2O. The highest BCUT2D eigenvalue weighted by atomic mass is 79.9. The Kier molecular flexibility index (Phi) is 5.56. The van der Waals surface area contributed by atoms with E-state index >= 15 is 0 Å². The van der Waals surface area contributed by atoms with Crippen molar-refractivity contribution >= 4 is 15.9 Å². The molecule has 1 heterocycles. The summed E-state index contributed by atoms with van der Waals surface area (Å²) < 4.78 is 6.95. The van der Waals surface area contributed by atoms with E-state index in [0.29, 0.717) is 12.6 Å². The smallest absolute Gasteiger partial charge is 0.130 e. The molecule has 0 aliphatic carbocycles. The fourth-order valence-electron chi connectivity index (χ4n) is 1.78. The summed E-state index contributed by atoms with van der Waals surface area (Å²) in [6, 6.07) is 12.3. The Labute approximate surface area is 128 Å². The van der Waals surface area contributed by atoms with Crippen molar-refractivity contribution in [3.8, 4) is 5.75 Å². The topological polar surface area (TPSA) is 34.1 Å². The molecule has 0 saturated carbocycles. The second kappa shape index (κ2) is 7.41. The number of hydrogen-bond acceptors (Lipinski definition) is 3. The fraction of sp³-hybridized carbons (Fsp3) is 0.312. The number of aromatic nitrogens is 1. The average Bonchev–Trinajstić information content (AvgIpc) is 2.45. The quantitative estimate of drug-likeness (QED) is 0.869. The molecule has 20 heavy (non-hydrogen) atoms. The minimum absolute atomic E-state index is 0.442. The Morgan fingerprint density at radius 3 is 2.80 bits per heavy atom. The van der Waals surface area contributed by atoms with Gasteiger partial charge in [0.05, 0.1) is 5.69 Å². The first-order chi connectivity index (χ1) is 9.65. The number of ether oxygens (including phenoxy) is 1. The molecular weight excluding hydrogens is 316 g/mol. The average molecular weight is 335 g/mol. The number of nitrogens with zero attached hydrogens (tertiary/aromatic N) is 1. The van der Waals surface area contributed by atoms with Crippen molar-refractivity contribution in [2.24, 2.45) is 0 Å².